The fraction of sp³-hybridized carbons (Fsp3) is 0.462. The van der Waals surface area contributed by atoms with Gasteiger partial charge in [0.15, 0.2) is 5.78 Å². The van der Waals surface area contributed by atoms with Crippen LogP contribution in [0.3, 0.4) is 0 Å². The normalized spacial score (nSPS) is 10.6. The minimum Gasteiger partial charge on any atom is -0.308 e. The predicted octanol–water partition coefficient (Wildman–Crippen LogP) is 0.422. The quantitative estimate of drug-likeness (QED) is 0.596. The lowest BCUT2D eigenvalue weighted by atomic mass is 10.1. The van der Waals surface area contributed by atoms with Gasteiger partial charge in [-0.05, 0) is 26.2 Å². The SMILES string of the molecule is CNN(CCN(C)C)C(=O)c1cccnc1C(C)=O. The Hall–Kier alpha value is -1.79. The molecule has 0 unspecified atom stereocenters. The van der Waals surface area contributed by atoms with E-state index in [1.54, 1.807) is 19.2 Å². The van der Waals surface area contributed by atoms with Crippen LogP contribution in [0.1, 0.15) is 27.8 Å². The molecular weight excluding hydrogens is 244 g/mol. The van der Waals surface area contributed by atoms with Gasteiger partial charge in [-0.1, -0.05) is 0 Å². The van der Waals surface area contributed by atoms with Crippen molar-refractivity contribution < 1.29 is 9.59 Å². The number of ketones is 1. The van der Waals surface area contributed by atoms with Gasteiger partial charge in [-0.25, -0.2) is 5.43 Å². The van der Waals surface area contributed by atoms with Crippen LogP contribution in [0.25, 0.3) is 0 Å². The average molecular weight is 264 g/mol. The summed E-state index contributed by atoms with van der Waals surface area (Å²) in [5.41, 5.74) is 3.37. The highest BCUT2D eigenvalue weighted by Crippen LogP contribution is 2.09. The van der Waals surface area contributed by atoms with Gasteiger partial charge in [0, 0.05) is 26.7 Å². The van der Waals surface area contributed by atoms with E-state index >= 15 is 0 Å². The highest BCUT2D eigenvalue weighted by molar-refractivity contribution is 6.05. The Labute approximate surface area is 113 Å². The number of pyridine rings is 1. The molecule has 0 aliphatic carbocycles. The van der Waals surface area contributed by atoms with Crippen molar-refractivity contribution in [3.8, 4) is 0 Å². The summed E-state index contributed by atoms with van der Waals surface area (Å²) in [6.07, 6.45) is 1.51. The van der Waals surface area contributed by atoms with E-state index in [-0.39, 0.29) is 17.4 Å². The summed E-state index contributed by atoms with van der Waals surface area (Å²) < 4.78 is 0. The van der Waals surface area contributed by atoms with Crippen LogP contribution in [0.4, 0.5) is 0 Å². The molecule has 1 amide bonds. The van der Waals surface area contributed by atoms with Crippen molar-refractivity contribution in [2.75, 3.05) is 34.2 Å². The first-order valence-corrected chi connectivity index (χ1v) is 6.07. The Morgan fingerprint density at radius 2 is 2.00 bits per heavy atom. The Kier molecular flexibility index (Phi) is 5.59. The second-order valence-electron chi connectivity index (χ2n) is 4.44. The number of nitrogens with zero attached hydrogens (tertiary/aromatic N) is 3. The summed E-state index contributed by atoms with van der Waals surface area (Å²) in [4.78, 5) is 29.8. The van der Waals surface area contributed by atoms with E-state index in [2.05, 4.69) is 10.4 Å². The molecule has 0 fully saturated rings. The summed E-state index contributed by atoms with van der Waals surface area (Å²) in [5.74, 6) is -0.463. The van der Waals surface area contributed by atoms with Crippen LogP contribution in [0.5, 0.6) is 0 Å². The number of hydrogen-bond donors (Lipinski definition) is 1. The van der Waals surface area contributed by atoms with Gasteiger partial charge in [-0.3, -0.25) is 19.6 Å². The van der Waals surface area contributed by atoms with Gasteiger partial charge in [0.1, 0.15) is 5.69 Å². The molecule has 0 atom stereocenters. The number of hydrogen-bond acceptors (Lipinski definition) is 5. The van der Waals surface area contributed by atoms with Gasteiger partial charge in [0.05, 0.1) is 12.1 Å². The number of aromatic nitrogens is 1. The van der Waals surface area contributed by atoms with Crippen LogP contribution >= 0.6 is 0 Å². The second-order valence-corrected chi connectivity index (χ2v) is 4.44. The van der Waals surface area contributed by atoms with Crippen molar-refractivity contribution in [2.45, 2.75) is 6.92 Å². The maximum atomic E-state index is 12.4. The fourth-order valence-corrected chi connectivity index (χ4v) is 1.62. The van der Waals surface area contributed by atoms with E-state index in [9.17, 15) is 9.59 Å². The van der Waals surface area contributed by atoms with Gasteiger partial charge in [-0.2, -0.15) is 0 Å². The smallest absolute Gasteiger partial charge is 0.270 e. The molecule has 0 saturated heterocycles. The molecule has 0 bridgehead atoms. The number of hydrazine groups is 1. The van der Waals surface area contributed by atoms with Crippen LogP contribution < -0.4 is 5.43 Å². The van der Waals surface area contributed by atoms with Gasteiger partial charge < -0.3 is 4.90 Å². The zero-order valence-corrected chi connectivity index (χ0v) is 11.8. The van der Waals surface area contributed by atoms with Crippen LogP contribution in [0.2, 0.25) is 0 Å². The topological polar surface area (TPSA) is 65.5 Å². The first-order chi connectivity index (χ1) is 8.97. The number of rotatable bonds is 6. The second kappa shape index (κ2) is 6.96. The first kappa shape index (κ1) is 15.3. The third-order valence-electron chi connectivity index (χ3n) is 2.66. The standard InChI is InChI=1S/C13H20N4O2/c1-10(18)12-11(6-5-7-15-12)13(19)17(14-2)9-8-16(3)4/h5-7,14H,8-9H2,1-4H3. The van der Waals surface area contributed by atoms with Crippen LogP contribution in [0.15, 0.2) is 18.3 Å². The Morgan fingerprint density at radius 1 is 1.32 bits per heavy atom. The molecular formula is C13H20N4O2. The Bertz CT molecular complexity index is 460. The molecule has 104 valence electrons. The molecule has 0 radical (unpaired) electrons. The lowest BCUT2D eigenvalue weighted by Gasteiger charge is -2.23. The zero-order chi connectivity index (χ0) is 14.4. The highest BCUT2D eigenvalue weighted by Gasteiger charge is 2.20. The molecule has 0 aliphatic heterocycles. The van der Waals surface area contributed by atoms with Gasteiger partial charge in [0.25, 0.3) is 5.91 Å². The molecule has 1 heterocycles. The number of amides is 1. The van der Waals surface area contributed by atoms with Crippen LogP contribution in [-0.2, 0) is 0 Å². The van der Waals surface area contributed by atoms with Gasteiger partial charge in [-0.15, -0.1) is 0 Å². The van der Waals surface area contributed by atoms with E-state index in [1.807, 2.05) is 19.0 Å². The number of carbonyl (C=O) groups is 2. The van der Waals surface area contributed by atoms with E-state index < -0.39 is 0 Å². The lowest BCUT2D eigenvalue weighted by molar-refractivity contribution is 0.0662. The van der Waals surface area contributed by atoms with E-state index in [0.717, 1.165) is 6.54 Å². The summed E-state index contributed by atoms with van der Waals surface area (Å²) >= 11 is 0. The summed E-state index contributed by atoms with van der Waals surface area (Å²) in [6, 6.07) is 3.27. The summed E-state index contributed by atoms with van der Waals surface area (Å²) in [5, 5.41) is 1.48. The average Bonchev–Trinajstić information content (AvgIpc) is 2.38. The number of nitrogens with one attached hydrogen (secondary N) is 1. The number of carbonyl (C=O) groups excluding carboxylic acids is 2. The molecule has 1 rings (SSSR count). The maximum absolute atomic E-state index is 12.4. The van der Waals surface area contributed by atoms with E-state index in [4.69, 9.17) is 0 Å². The van der Waals surface area contributed by atoms with E-state index in [1.165, 1.54) is 18.1 Å². The van der Waals surface area contributed by atoms with Crippen LogP contribution in [0, 0.1) is 0 Å². The minimum atomic E-state index is -0.248. The molecule has 6 nitrogen and oxygen atoms in total. The molecule has 0 saturated carbocycles. The molecule has 0 aliphatic rings. The van der Waals surface area contributed by atoms with Crippen molar-refractivity contribution in [3.05, 3.63) is 29.6 Å². The van der Waals surface area contributed by atoms with Gasteiger partial charge in [0.2, 0.25) is 0 Å². The molecule has 0 spiro atoms. The van der Waals surface area contributed by atoms with Crippen molar-refractivity contribution in [3.63, 3.8) is 0 Å². The van der Waals surface area contributed by atoms with Crippen LogP contribution in [-0.4, -0.2) is 60.8 Å². The molecule has 1 aromatic heterocycles. The monoisotopic (exact) mass is 264 g/mol. The van der Waals surface area contributed by atoms with Crippen molar-refractivity contribution in [2.24, 2.45) is 0 Å². The molecule has 0 aromatic carbocycles. The fourth-order valence-electron chi connectivity index (χ4n) is 1.62. The highest BCUT2D eigenvalue weighted by atomic mass is 16.2. The molecule has 1 N–H and O–H groups in total. The largest absolute Gasteiger partial charge is 0.308 e. The van der Waals surface area contributed by atoms with Crippen molar-refractivity contribution in [1.82, 2.24) is 20.3 Å². The molecule has 19 heavy (non-hydrogen) atoms. The predicted molar refractivity (Wildman–Crippen MR) is 72.9 cm³/mol. The van der Waals surface area contributed by atoms with E-state index in [0.29, 0.717) is 12.1 Å². The van der Waals surface area contributed by atoms with Crippen molar-refractivity contribution >= 4 is 11.7 Å². The number of likely N-dealkylation sites (N-methyl/N-ethyl adjacent to an activating group) is 1. The lowest BCUT2D eigenvalue weighted by Crippen LogP contribution is -2.44. The van der Waals surface area contributed by atoms with Crippen molar-refractivity contribution in [1.29, 1.82) is 0 Å². The summed E-state index contributed by atoms with van der Waals surface area (Å²) in [6.45, 7) is 2.65. The maximum Gasteiger partial charge on any atom is 0.270 e. The molecule has 1 aromatic rings. The third kappa shape index (κ3) is 4.11. The zero-order valence-electron chi connectivity index (χ0n) is 11.8. The third-order valence-corrected chi connectivity index (χ3v) is 2.66. The molecule has 6 heteroatoms. The minimum absolute atomic E-state index is 0.206. The summed E-state index contributed by atoms with van der Waals surface area (Å²) in [7, 11) is 5.55. The number of Topliss-reactive ketones (excluding diaryl/α,β-unsaturated/α-hetero) is 1. The van der Waals surface area contributed by atoms with Gasteiger partial charge >= 0.3 is 0 Å². The Morgan fingerprint density at radius 3 is 2.53 bits per heavy atom. The Balaban J connectivity index is 2.94. The first-order valence-electron chi connectivity index (χ1n) is 6.07.